The van der Waals surface area contributed by atoms with E-state index in [0.717, 1.165) is 5.57 Å². The van der Waals surface area contributed by atoms with Crippen LogP contribution >= 0.6 is 0 Å². The Hall–Kier alpha value is -2.57. The number of carbonyl (C=O) groups excluding carboxylic acids is 1. The van der Waals surface area contributed by atoms with Gasteiger partial charge in [-0.3, -0.25) is 9.59 Å². The molecule has 9 aliphatic rings. The zero-order valence-electron chi connectivity index (χ0n) is 44.8. The van der Waals surface area contributed by atoms with Crippen molar-refractivity contribution >= 4 is 17.9 Å². The summed E-state index contributed by atoms with van der Waals surface area (Å²) >= 11 is 0. The summed E-state index contributed by atoms with van der Waals surface area (Å²) in [5, 5.41) is 141. The summed E-state index contributed by atoms with van der Waals surface area (Å²) in [6, 6.07) is 0. The molecule has 0 aromatic carbocycles. The van der Waals surface area contributed by atoms with Gasteiger partial charge in [0.25, 0.3) is 0 Å². The molecule has 0 aromatic rings. The summed E-state index contributed by atoms with van der Waals surface area (Å²) in [4.78, 5) is 41.0. The molecule has 0 radical (unpaired) electrons. The van der Waals surface area contributed by atoms with Gasteiger partial charge < -0.3 is 104 Å². The highest BCUT2D eigenvalue weighted by molar-refractivity contribution is 5.79. The van der Waals surface area contributed by atoms with E-state index in [0.29, 0.717) is 51.4 Å². The Morgan fingerprint density at radius 2 is 1.18 bits per heavy atom. The Balaban J connectivity index is 0.966. The van der Waals surface area contributed by atoms with Crippen LogP contribution in [0.25, 0.3) is 0 Å². The average Bonchev–Trinajstić information content (AvgIpc) is 3.52. The first-order chi connectivity index (χ1) is 35.8. The number of hydrogen-bond acceptors (Lipinski definition) is 22. The number of carboxylic acids is 2. The van der Waals surface area contributed by atoms with Crippen LogP contribution in [0.4, 0.5) is 0 Å². The van der Waals surface area contributed by atoms with Gasteiger partial charge in [0.05, 0.1) is 35.7 Å². The third kappa shape index (κ3) is 9.33. The fourth-order valence-electron chi connectivity index (χ4n) is 16.2. The maximum absolute atomic E-state index is 15.4. The molecule has 8 fully saturated rings. The van der Waals surface area contributed by atoms with Gasteiger partial charge in [0.15, 0.2) is 31.1 Å². The predicted molar refractivity (Wildman–Crippen MR) is 258 cm³/mol. The van der Waals surface area contributed by atoms with Gasteiger partial charge in [-0.15, -0.1) is 0 Å². The number of aliphatic hydroxyl groups is 11. The van der Waals surface area contributed by atoms with Gasteiger partial charge >= 0.3 is 17.9 Å². The molecule has 24 heteroatoms. The molecule has 77 heavy (non-hydrogen) atoms. The molecule has 4 heterocycles. The lowest BCUT2D eigenvalue weighted by Gasteiger charge is -2.71. The van der Waals surface area contributed by atoms with Gasteiger partial charge in [0, 0.05) is 0 Å². The molecule has 0 aromatic heterocycles. The van der Waals surface area contributed by atoms with Crippen molar-refractivity contribution < 1.29 is 119 Å². The summed E-state index contributed by atoms with van der Waals surface area (Å²) in [5.74, 6) is -4.76. The monoisotopic (exact) mass is 1100 g/mol. The van der Waals surface area contributed by atoms with E-state index >= 15 is 4.79 Å². The van der Waals surface area contributed by atoms with E-state index in [1.165, 1.54) is 20.8 Å². The standard InChI is InChI=1S/C53H82O24/c1-20-28(56)31(59)39(75-43-36(64)33(61)37(21(2)72-43)73-42-34(62)29(57)25(55)19-70-42)45(71-20)77-47(69)53-15-13-48(3,4)17-23(53)22-9-10-26-49(5)18-24(54)40(76-44-35(63)30(58)32(60)38(74-44)41(65)66)52(8,46(67)68)27(49)11-12-51(26,7)50(22,6)14-16-53/h9,20-21,23-40,42-45,54-64H,10-19H2,1-8H3,(H,65,66)(H,67,68)/t20-,21+,23+,24+,25+,26-,27-,28+,29-,30+,31+,32+,33+,34+,35-,36-,37+,38+,39-,40+,42-,43+,44+,45+,49-,50-,51-,52+,53+/m1/s1. The number of hydrogen-bond donors (Lipinski definition) is 13. The Morgan fingerprint density at radius 1 is 0.584 bits per heavy atom. The first kappa shape index (κ1) is 59.1. The van der Waals surface area contributed by atoms with E-state index in [9.17, 15) is 76.0 Å². The molecule has 438 valence electrons. The van der Waals surface area contributed by atoms with Gasteiger partial charge in [-0.2, -0.15) is 0 Å². The van der Waals surface area contributed by atoms with Crippen molar-refractivity contribution in [2.45, 2.75) is 242 Å². The zero-order valence-corrected chi connectivity index (χ0v) is 44.8. The third-order valence-electron chi connectivity index (χ3n) is 21.0. The molecule has 9 rings (SSSR count). The maximum Gasteiger partial charge on any atom is 0.335 e. The van der Waals surface area contributed by atoms with E-state index in [1.807, 2.05) is 6.92 Å². The average molecular weight is 1100 g/mol. The molecule has 13 N–H and O–H groups in total. The van der Waals surface area contributed by atoms with Gasteiger partial charge in [-0.1, -0.05) is 46.3 Å². The quantitative estimate of drug-likeness (QED) is 0.0693. The highest BCUT2D eigenvalue weighted by Gasteiger charge is 2.73. The van der Waals surface area contributed by atoms with Crippen LogP contribution in [0, 0.1) is 50.2 Å². The normalized spacial score (nSPS) is 54.6. The van der Waals surface area contributed by atoms with Gasteiger partial charge in [0.2, 0.25) is 6.29 Å². The summed E-state index contributed by atoms with van der Waals surface area (Å²) in [5.41, 5.74) is -4.03. The zero-order chi connectivity index (χ0) is 56.6. The van der Waals surface area contributed by atoms with E-state index < -0.39 is 180 Å². The van der Waals surface area contributed by atoms with Crippen LogP contribution in [0.5, 0.6) is 0 Å². The van der Waals surface area contributed by atoms with Gasteiger partial charge in [0.1, 0.15) is 73.2 Å². The smallest absolute Gasteiger partial charge is 0.335 e. The Labute approximate surface area is 446 Å². The topological polar surface area (TPSA) is 388 Å². The number of rotatable bonds is 10. The van der Waals surface area contributed by atoms with Crippen molar-refractivity contribution in [2.75, 3.05) is 6.61 Å². The Bertz CT molecular complexity index is 2250. The molecule has 29 atom stereocenters. The van der Waals surface area contributed by atoms with Gasteiger partial charge in [-0.05, 0) is 118 Å². The minimum absolute atomic E-state index is 0.0584. The summed E-state index contributed by atoms with van der Waals surface area (Å²) < 4.78 is 47.1. The molecular formula is C53H82O24. The van der Waals surface area contributed by atoms with Crippen molar-refractivity contribution in [3.8, 4) is 0 Å². The summed E-state index contributed by atoms with van der Waals surface area (Å²) in [6.45, 7) is 14.8. The molecule has 0 bridgehead atoms. The molecule has 4 aliphatic heterocycles. The highest BCUT2D eigenvalue weighted by Crippen LogP contribution is 2.76. The first-order valence-electron chi connectivity index (χ1n) is 27.2. The Morgan fingerprint density at radius 3 is 1.84 bits per heavy atom. The third-order valence-corrected chi connectivity index (χ3v) is 21.0. The largest absolute Gasteiger partial charge is 0.481 e. The minimum atomic E-state index is -2.01. The van der Waals surface area contributed by atoms with Gasteiger partial charge in [-0.25, -0.2) is 4.79 Å². The fraction of sp³-hybridized carbons (Fsp3) is 0.906. The predicted octanol–water partition coefficient (Wildman–Crippen LogP) is -1.21. The summed E-state index contributed by atoms with van der Waals surface area (Å²) in [6.07, 6.45) is -28.5. The van der Waals surface area contributed by atoms with Crippen LogP contribution in [0.15, 0.2) is 11.6 Å². The molecule has 24 nitrogen and oxygen atoms in total. The Kier molecular flexibility index (Phi) is 15.9. The fourth-order valence-corrected chi connectivity index (χ4v) is 16.2. The lowest BCUT2D eigenvalue weighted by atomic mass is 9.33. The molecule has 4 saturated carbocycles. The number of ether oxygens (including phenoxy) is 8. The lowest BCUT2D eigenvalue weighted by molar-refractivity contribution is -0.373. The van der Waals surface area contributed by atoms with Crippen molar-refractivity contribution in [3.05, 3.63) is 11.6 Å². The molecule has 0 spiro atoms. The van der Waals surface area contributed by atoms with Crippen LogP contribution in [0.2, 0.25) is 0 Å². The van der Waals surface area contributed by atoms with Crippen molar-refractivity contribution in [3.63, 3.8) is 0 Å². The first-order valence-corrected chi connectivity index (χ1v) is 27.2. The van der Waals surface area contributed by atoms with E-state index in [1.54, 1.807) is 0 Å². The van der Waals surface area contributed by atoms with Crippen LogP contribution in [-0.2, 0) is 52.3 Å². The molecule has 5 aliphatic carbocycles. The number of fused-ring (bicyclic) bond motifs is 7. The van der Waals surface area contributed by atoms with E-state index in [-0.39, 0.29) is 30.3 Å². The molecule has 4 saturated heterocycles. The van der Waals surface area contributed by atoms with Crippen LogP contribution in [0.1, 0.15) is 113 Å². The second-order valence-electron chi connectivity index (χ2n) is 25.8. The van der Waals surface area contributed by atoms with Crippen LogP contribution in [-0.4, -0.2) is 220 Å². The molecular weight excluding hydrogens is 1020 g/mol. The number of allylic oxidation sites excluding steroid dienone is 2. The van der Waals surface area contributed by atoms with Crippen LogP contribution in [0.3, 0.4) is 0 Å². The molecule has 0 amide bonds. The van der Waals surface area contributed by atoms with Crippen molar-refractivity contribution in [2.24, 2.45) is 50.2 Å². The SMILES string of the molecule is C[C@@H]1O[C@@H](O[C@H]2[C@H](OC(=O)[C@]34CCC(C)(C)C[C@H]3C3=CC[C@@H]5[C@@]6(C)C[C@H](O)[C@H](O[C@@H]7O[C@H](C(=O)O)[C@@H](O)[C@H](O)[C@H]7O)[C@@](C)(C(=O)O)[C@@H]6CC[C@@]5(C)[C@]3(C)CC4)O[C@H](C)[C@H](O)[C@@H]2O)[C@H](O)[C@H](O)[C@H]1O[C@H]1OC[C@H](O)[C@@H](O)[C@@H]1O. The number of aliphatic carboxylic acids is 2. The number of carbonyl (C=O) groups is 3. The second-order valence-corrected chi connectivity index (χ2v) is 25.8. The van der Waals surface area contributed by atoms with E-state index in [2.05, 4.69) is 33.8 Å². The van der Waals surface area contributed by atoms with Crippen molar-refractivity contribution in [1.29, 1.82) is 0 Å². The highest BCUT2D eigenvalue weighted by atomic mass is 16.8. The minimum Gasteiger partial charge on any atom is -0.481 e. The lowest BCUT2D eigenvalue weighted by Crippen LogP contribution is -2.70. The van der Waals surface area contributed by atoms with E-state index in [4.69, 9.17) is 37.9 Å². The van der Waals surface area contributed by atoms with Crippen LogP contribution < -0.4 is 0 Å². The van der Waals surface area contributed by atoms with Crippen molar-refractivity contribution in [1.82, 2.24) is 0 Å². The molecule has 0 unspecified atom stereocenters. The summed E-state index contributed by atoms with van der Waals surface area (Å²) in [7, 11) is 0. The number of carboxylic acid groups (broad SMARTS) is 2. The second kappa shape index (κ2) is 20.7. The number of esters is 1. The number of aliphatic hydroxyl groups excluding tert-OH is 11. The maximum atomic E-state index is 15.4.